The molecule has 2 unspecified atom stereocenters. The number of nitrogens with one attached hydrogen (secondary N) is 3. The van der Waals surface area contributed by atoms with Gasteiger partial charge in [0, 0.05) is 18.9 Å². The first-order valence-corrected chi connectivity index (χ1v) is 22.9. The van der Waals surface area contributed by atoms with Crippen LogP contribution in [0.2, 0.25) is 11.6 Å². The molecule has 13 nitrogen and oxygen atoms in total. The molecule has 3 amide bonds. The zero-order valence-corrected chi connectivity index (χ0v) is 39.1. The number of hydrogen-bond acceptors (Lipinski definition) is 10. The Morgan fingerprint density at radius 2 is 1.64 bits per heavy atom. The first-order valence-electron chi connectivity index (χ1n) is 19.5. The van der Waals surface area contributed by atoms with E-state index in [1.54, 1.807) is 33.8 Å². The molecule has 6 atom stereocenters. The summed E-state index contributed by atoms with van der Waals surface area (Å²) in [6, 6.07) is 6.58. The Labute approximate surface area is 359 Å². The average molecular weight is 885 g/mol. The molecule has 58 heavy (non-hydrogen) atoms. The minimum atomic E-state index is -1.89. The van der Waals surface area contributed by atoms with Gasteiger partial charge < -0.3 is 24.5 Å². The van der Waals surface area contributed by atoms with Crippen LogP contribution in [-0.4, -0.2) is 89.4 Å². The van der Waals surface area contributed by atoms with Crippen LogP contribution in [0.1, 0.15) is 106 Å². The largest absolute Gasteiger partial charge is 0.460 e. The highest BCUT2D eigenvalue weighted by atomic mass is 35.6. The predicted octanol–water partition coefficient (Wildman–Crippen LogP) is 6.88. The van der Waals surface area contributed by atoms with E-state index in [2.05, 4.69) is 43.4 Å². The quantitative estimate of drug-likeness (QED) is 0.0976. The molecule has 1 saturated heterocycles. The van der Waals surface area contributed by atoms with Gasteiger partial charge in [-0.15, -0.1) is 0 Å². The minimum absolute atomic E-state index is 0.111. The highest BCUT2D eigenvalue weighted by Gasteiger charge is 2.49. The smallest absolute Gasteiger partial charge is 0.325 e. The highest BCUT2D eigenvalue weighted by molar-refractivity contribution is 6.67. The number of halogens is 3. The van der Waals surface area contributed by atoms with Crippen molar-refractivity contribution in [2.45, 2.75) is 134 Å². The van der Waals surface area contributed by atoms with E-state index >= 15 is 0 Å². The van der Waals surface area contributed by atoms with E-state index in [4.69, 9.17) is 53.7 Å². The van der Waals surface area contributed by atoms with Crippen LogP contribution in [0.4, 0.5) is 0 Å². The van der Waals surface area contributed by atoms with E-state index in [0.717, 1.165) is 10.9 Å². The van der Waals surface area contributed by atoms with Crippen LogP contribution >= 0.6 is 34.8 Å². The number of rotatable bonds is 15. The molecule has 0 saturated carbocycles. The van der Waals surface area contributed by atoms with Gasteiger partial charge in [0.2, 0.25) is 15.6 Å². The van der Waals surface area contributed by atoms with Crippen molar-refractivity contribution in [2.75, 3.05) is 13.2 Å². The topological polar surface area (TPSA) is 165 Å². The number of hydrogen-bond donors (Lipinski definition) is 3. The zero-order chi connectivity index (χ0) is 44.0. The minimum Gasteiger partial charge on any atom is -0.460 e. The Bertz CT molecular complexity index is 1850. The maximum Gasteiger partial charge on any atom is 0.325 e. The van der Waals surface area contributed by atoms with Gasteiger partial charge in [-0.25, -0.2) is 10.4 Å². The first-order chi connectivity index (χ1) is 26.6. The van der Waals surface area contributed by atoms with Crippen LogP contribution in [0, 0.1) is 11.3 Å². The van der Waals surface area contributed by atoms with E-state index in [1.165, 1.54) is 18.9 Å². The number of hydrazine groups is 1. The van der Waals surface area contributed by atoms with Crippen molar-refractivity contribution in [3.05, 3.63) is 47.7 Å². The summed E-state index contributed by atoms with van der Waals surface area (Å²) in [5.74, 6) is -2.93. The number of esters is 2. The number of amides is 3. The van der Waals surface area contributed by atoms with Crippen molar-refractivity contribution < 1.29 is 37.9 Å². The lowest BCUT2D eigenvalue weighted by molar-refractivity contribution is -0.153. The van der Waals surface area contributed by atoms with Gasteiger partial charge in [-0.3, -0.25) is 29.0 Å². The summed E-state index contributed by atoms with van der Waals surface area (Å²) in [4.78, 5) is 71.0. The van der Waals surface area contributed by atoms with Gasteiger partial charge in [0.25, 0.3) is 5.91 Å². The maximum atomic E-state index is 14.7. The third-order valence-electron chi connectivity index (χ3n) is 10.6. The van der Waals surface area contributed by atoms with Crippen molar-refractivity contribution >= 4 is 90.5 Å². The molecule has 2 aromatic rings. The molecule has 1 aromatic heterocycles. The fourth-order valence-electron chi connectivity index (χ4n) is 6.14. The lowest BCUT2D eigenvalue weighted by Crippen LogP contribution is -2.62. The molecule has 0 aliphatic carbocycles. The van der Waals surface area contributed by atoms with Crippen molar-refractivity contribution in [2.24, 2.45) is 11.3 Å². The summed E-state index contributed by atoms with van der Waals surface area (Å²) in [6.45, 7) is 22.1. The first kappa shape index (κ1) is 49.1. The maximum absolute atomic E-state index is 14.7. The number of carbonyl (C=O) groups excluding carboxylic acids is 5. The lowest BCUT2D eigenvalue weighted by atomic mass is 9.73. The number of pyridine rings is 1. The second-order valence-corrected chi connectivity index (χ2v) is 22.8. The lowest BCUT2D eigenvalue weighted by Gasteiger charge is -2.45. The van der Waals surface area contributed by atoms with E-state index in [1.807, 2.05) is 50.3 Å². The summed E-state index contributed by atoms with van der Waals surface area (Å²) in [5, 5.41) is 7.80. The number of benzene rings is 1. The van der Waals surface area contributed by atoms with Crippen molar-refractivity contribution in [3.63, 3.8) is 0 Å². The number of nitrogens with zero attached hydrogens (tertiary/aromatic N) is 2. The molecular formula is C41H60Cl3N5O8Si. The summed E-state index contributed by atoms with van der Waals surface area (Å²) in [6.07, 6.45) is 4.00. The molecular weight excluding hydrogens is 825 g/mol. The Morgan fingerprint density at radius 1 is 1.00 bits per heavy atom. The fourth-order valence-corrected chi connectivity index (χ4v) is 7.78. The zero-order valence-electron chi connectivity index (χ0n) is 35.6. The third-order valence-corrected chi connectivity index (χ3v) is 14.3. The summed E-state index contributed by atoms with van der Waals surface area (Å²) in [5.41, 5.74) is 2.58. The molecule has 322 valence electrons. The van der Waals surface area contributed by atoms with E-state index in [-0.39, 0.29) is 17.5 Å². The van der Waals surface area contributed by atoms with E-state index < -0.39 is 84.3 Å². The van der Waals surface area contributed by atoms with Gasteiger partial charge >= 0.3 is 11.9 Å². The molecule has 2 heterocycles. The standard InChI is InChI=1S/C41H60Cl3N5O8Si/c1-24(2)33(34(51)45-25(3)35(52)49-21-13-14-31(48-49)36(53)55-23-41(42,43)44)47-37(54)40(11,39(9,10)57-58(12)38(6,7)8)20-19-28-15-16-29-17-18-30(46-32(29)22-28)26(4)56-27(5)50/h15-20,22,24-26,31,33,48,58H,13-14,21,23H2,1-12H3,(H,45,51)(H,47,54)/b20-19+/t25-,26+,31-,33-,40?,58?/m0/s1. The number of fused-ring (bicyclic) bond motifs is 1. The van der Waals surface area contributed by atoms with Gasteiger partial charge in [-0.05, 0) is 82.7 Å². The number of alkyl halides is 3. The molecule has 1 aliphatic rings. The van der Waals surface area contributed by atoms with Crippen molar-refractivity contribution in [3.8, 4) is 0 Å². The second kappa shape index (κ2) is 19.9. The second-order valence-electron chi connectivity index (χ2n) is 17.1. The van der Waals surface area contributed by atoms with Crippen LogP contribution in [0.25, 0.3) is 17.0 Å². The number of ether oxygens (including phenoxy) is 2. The summed E-state index contributed by atoms with van der Waals surface area (Å²) >= 11 is 17.1. The van der Waals surface area contributed by atoms with Gasteiger partial charge in [0.15, 0.2) is 9.04 Å². The van der Waals surface area contributed by atoms with Crippen LogP contribution in [0.3, 0.4) is 0 Å². The molecule has 3 rings (SSSR count). The van der Waals surface area contributed by atoms with Gasteiger partial charge in [0.05, 0.1) is 22.2 Å². The van der Waals surface area contributed by atoms with Gasteiger partial charge in [0.1, 0.15) is 30.8 Å². The number of aromatic nitrogens is 1. The summed E-state index contributed by atoms with van der Waals surface area (Å²) < 4.78 is 15.5. The molecule has 1 aliphatic heterocycles. The normalized spacial score (nSPS) is 18.6. The Hall–Kier alpha value is -3.27. The van der Waals surface area contributed by atoms with E-state index in [9.17, 15) is 24.0 Å². The van der Waals surface area contributed by atoms with Crippen LogP contribution in [-0.2, 0) is 37.9 Å². The van der Waals surface area contributed by atoms with Gasteiger partial charge in [-0.2, -0.15) is 0 Å². The monoisotopic (exact) mass is 883 g/mol. The SMILES string of the molecule is CC(=O)O[C@H](C)c1ccc2ccc(/C=C/C(C)(C(=O)N[C@H](C(=O)N[C@@H](C)C(=O)N3CCC[C@@H](C(=O)OCC(Cl)(Cl)Cl)N3)C(C)C)C(C)(C)O[SiH](C)C(C)(C)C)cc2n1. The Kier molecular flexibility index (Phi) is 16.8. The molecule has 3 N–H and O–H groups in total. The van der Waals surface area contributed by atoms with Crippen LogP contribution in [0.15, 0.2) is 36.4 Å². The van der Waals surface area contributed by atoms with E-state index in [0.29, 0.717) is 24.1 Å². The average Bonchev–Trinajstić information content (AvgIpc) is 3.12. The molecule has 0 spiro atoms. The molecule has 17 heteroatoms. The van der Waals surface area contributed by atoms with Crippen LogP contribution < -0.4 is 16.1 Å². The highest BCUT2D eigenvalue weighted by Crippen LogP contribution is 2.41. The summed E-state index contributed by atoms with van der Waals surface area (Å²) in [7, 11) is -1.89. The molecule has 1 aromatic carbocycles. The van der Waals surface area contributed by atoms with Crippen molar-refractivity contribution in [1.29, 1.82) is 0 Å². The van der Waals surface area contributed by atoms with Crippen LogP contribution in [0.5, 0.6) is 0 Å². The van der Waals surface area contributed by atoms with Crippen molar-refractivity contribution in [1.82, 2.24) is 26.1 Å². The third kappa shape index (κ3) is 13.4. The van der Waals surface area contributed by atoms with Gasteiger partial charge in [-0.1, -0.05) is 99.8 Å². The molecule has 1 fully saturated rings. The Morgan fingerprint density at radius 3 is 2.22 bits per heavy atom. The number of carbonyl (C=O) groups is 5. The molecule has 0 bridgehead atoms. The fraction of sp³-hybridized carbons (Fsp3) is 0.610. The predicted molar refractivity (Wildman–Crippen MR) is 230 cm³/mol. The molecule has 0 radical (unpaired) electrons. The Balaban J connectivity index is 1.88.